The maximum atomic E-state index is 7.43. The lowest BCUT2D eigenvalue weighted by molar-refractivity contribution is 0.436. The third-order valence-electron chi connectivity index (χ3n) is 10.2. The summed E-state index contributed by atoms with van der Waals surface area (Å²) in [6, 6.07) is 47.3. The zero-order chi connectivity index (χ0) is 33.3. The summed E-state index contributed by atoms with van der Waals surface area (Å²) < 4.78 is 6.60. The number of para-hydroxylation sites is 2. The molecule has 4 heteroatoms. The summed E-state index contributed by atoms with van der Waals surface area (Å²) in [5, 5.41) is 0. The van der Waals surface area contributed by atoms with Gasteiger partial charge in [-0.2, -0.15) is 0 Å². The number of nitrogens with zero attached hydrogens (tertiary/aromatic N) is 3. The number of aryl methyl sites for hydroxylation is 2. The lowest BCUT2D eigenvalue weighted by Crippen LogP contribution is -2.32. The normalized spacial score (nSPS) is 13.1. The van der Waals surface area contributed by atoms with Crippen LogP contribution in [0.4, 0.5) is 5.69 Å². The van der Waals surface area contributed by atoms with Gasteiger partial charge in [-0.3, -0.25) is 0 Å². The third-order valence-corrected chi connectivity index (χ3v) is 10.2. The molecule has 0 unspecified atom stereocenters. The Balaban J connectivity index is 1.30. The second-order valence-electron chi connectivity index (χ2n) is 12.9. The highest BCUT2D eigenvalue weighted by atomic mass is 16.5. The molecule has 1 aliphatic carbocycles. The van der Waals surface area contributed by atoms with Gasteiger partial charge in [-0.15, -0.1) is 0 Å². The molecule has 0 atom stereocenters. The molecule has 1 aliphatic heterocycles. The minimum atomic E-state index is -0.604. The summed E-state index contributed by atoms with van der Waals surface area (Å²) in [5.74, 6) is 2.51. The van der Waals surface area contributed by atoms with Crippen LogP contribution in [-0.4, -0.2) is 9.97 Å². The van der Waals surface area contributed by atoms with Gasteiger partial charge < -0.3 is 4.74 Å². The van der Waals surface area contributed by atoms with Gasteiger partial charge in [0.05, 0.1) is 17.7 Å². The quantitative estimate of drug-likeness (QED) is 0.183. The SMILES string of the molecule is [C-]#[N+]c1ccc(-c2ccc3c(c2)C2(c4ccccc4Oc4ccccc42)c2cc(-c4cccc(-c5nc(C)nc(C)c5C)c4)ccc2-3)cc1. The number of fused-ring (bicyclic) bond motifs is 9. The van der Waals surface area contributed by atoms with Crippen molar-refractivity contribution in [1.29, 1.82) is 0 Å². The maximum Gasteiger partial charge on any atom is 0.187 e. The molecule has 9 rings (SSSR count). The number of aromatic nitrogens is 2. The van der Waals surface area contributed by atoms with E-state index in [2.05, 4.69) is 114 Å². The van der Waals surface area contributed by atoms with Gasteiger partial charge in [0, 0.05) is 22.4 Å². The predicted molar refractivity (Wildman–Crippen MR) is 196 cm³/mol. The van der Waals surface area contributed by atoms with Crippen molar-refractivity contribution in [3.8, 4) is 56.1 Å². The summed E-state index contributed by atoms with van der Waals surface area (Å²) in [6.45, 7) is 13.5. The van der Waals surface area contributed by atoms with E-state index in [9.17, 15) is 0 Å². The van der Waals surface area contributed by atoms with Crippen molar-refractivity contribution >= 4 is 5.69 Å². The number of rotatable bonds is 3. The Morgan fingerprint density at radius 2 is 1.08 bits per heavy atom. The summed E-state index contributed by atoms with van der Waals surface area (Å²) in [7, 11) is 0. The molecule has 0 N–H and O–H groups in total. The van der Waals surface area contributed by atoms with Crippen LogP contribution < -0.4 is 4.74 Å². The first-order valence-electron chi connectivity index (χ1n) is 16.5. The first-order chi connectivity index (χ1) is 23.9. The topological polar surface area (TPSA) is 39.4 Å². The van der Waals surface area contributed by atoms with E-state index >= 15 is 0 Å². The molecule has 4 nitrogen and oxygen atoms in total. The van der Waals surface area contributed by atoms with E-state index in [1.165, 1.54) is 22.3 Å². The Kier molecular flexibility index (Phi) is 6.41. The fourth-order valence-corrected chi connectivity index (χ4v) is 7.88. The number of benzene rings is 6. The van der Waals surface area contributed by atoms with Crippen LogP contribution in [0.25, 0.3) is 49.5 Å². The Morgan fingerprint density at radius 1 is 0.531 bits per heavy atom. The van der Waals surface area contributed by atoms with E-state index in [-0.39, 0.29) is 0 Å². The molecule has 2 heterocycles. The van der Waals surface area contributed by atoms with E-state index in [1.807, 2.05) is 50.2 Å². The van der Waals surface area contributed by atoms with Crippen molar-refractivity contribution in [1.82, 2.24) is 9.97 Å². The molecule has 0 radical (unpaired) electrons. The highest BCUT2D eigenvalue weighted by Crippen LogP contribution is 2.62. The van der Waals surface area contributed by atoms with Crippen LogP contribution in [-0.2, 0) is 5.41 Å². The van der Waals surface area contributed by atoms with E-state index < -0.39 is 5.41 Å². The van der Waals surface area contributed by atoms with E-state index in [0.29, 0.717) is 5.69 Å². The van der Waals surface area contributed by atoms with Crippen molar-refractivity contribution < 1.29 is 4.74 Å². The largest absolute Gasteiger partial charge is 0.457 e. The molecule has 0 amide bonds. The third kappa shape index (κ3) is 4.29. The van der Waals surface area contributed by atoms with Crippen molar-refractivity contribution in [3.63, 3.8) is 0 Å². The van der Waals surface area contributed by atoms with E-state index in [1.54, 1.807) is 0 Å². The van der Waals surface area contributed by atoms with Crippen LogP contribution in [0.5, 0.6) is 11.5 Å². The smallest absolute Gasteiger partial charge is 0.187 e. The Bertz CT molecular complexity index is 2480. The molecule has 0 bridgehead atoms. The van der Waals surface area contributed by atoms with Crippen molar-refractivity contribution in [3.05, 3.63) is 184 Å². The minimum Gasteiger partial charge on any atom is -0.457 e. The van der Waals surface area contributed by atoms with E-state index in [0.717, 1.165) is 73.2 Å². The first kappa shape index (κ1) is 28.9. The highest BCUT2D eigenvalue weighted by Gasteiger charge is 2.51. The molecule has 6 aromatic carbocycles. The molecule has 0 saturated heterocycles. The molecular weight excluding hydrogens is 599 g/mol. The van der Waals surface area contributed by atoms with Crippen molar-refractivity contribution in [2.24, 2.45) is 0 Å². The lowest BCUT2D eigenvalue weighted by Gasteiger charge is -2.39. The van der Waals surface area contributed by atoms with Crippen molar-refractivity contribution in [2.75, 3.05) is 0 Å². The molecule has 0 saturated carbocycles. The van der Waals surface area contributed by atoms with Crippen molar-refractivity contribution in [2.45, 2.75) is 26.2 Å². The van der Waals surface area contributed by atoms with Gasteiger partial charge >= 0.3 is 0 Å². The second-order valence-corrected chi connectivity index (χ2v) is 12.9. The zero-order valence-electron chi connectivity index (χ0n) is 27.5. The first-order valence-corrected chi connectivity index (χ1v) is 16.5. The molecule has 1 spiro atoms. The summed E-state index contributed by atoms with van der Waals surface area (Å²) in [5.41, 5.74) is 15.8. The molecule has 0 fully saturated rings. The highest BCUT2D eigenvalue weighted by molar-refractivity contribution is 5.92. The van der Waals surface area contributed by atoms with Crippen LogP contribution in [0.1, 0.15) is 39.3 Å². The number of hydrogen-bond acceptors (Lipinski definition) is 3. The number of hydrogen-bond donors (Lipinski definition) is 0. The van der Waals surface area contributed by atoms with Crippen LogP contribution >= 0.6 is 0 Å². The van der Waals surface area contributed by atoms with Gasteiger partial charge in [-0.1, -0.05) is 103 Å². The van der Waals surface area contributed by atoms with Gasteiger partial charge in [-0.25, -0.2) is 14.8 Å². The molecular formula is C45H31N3O. The van der Waals surface area contributed by atoms with Gasteiger partial charge in [0.1, 0.15) is 17.3 Å². The summed E-state index contributed by atoms with van der Waals surface area (Å²) in [4.78, 5) is 13.0. The predicted octanol–water partition coefficient (Wildman–Crippen LogP) is 11.4. The van der Waals surface area contributed by atoms with Crippen LogP contribution in [0.15, 0.2) is 133 Å². The van der Waals surface area contributed by atoms with Gasteiger partial charge in [0.25, 0.3) is 0 Å². The van der Waals surface area contributed by atoms with E-state index in [4.69, 9.17) is 16.3 Å². The monoisotopic (exact) mass is 629 g/mol. The fourth-order valence-electron chi connectivity index (χ4n) is 7.88. The van der Waals surface area contributed by atoms with Gasteiger partial charge in [0.2, 0.25) is 0 Å². The minimum absolute atomic E-state index is 0.604. The second kappa shape index (κ2) is 10.9. The van der Waals surface area contributed by atoms with Crippen LogP contribution in [0, 0.1) is 27.3 Å². The Hall–Kier alpha value is -6.31. The summed E-state index contributed by atoms with van der Waals surface area (Å²) >= 11 is 0. The molecule has 7 aromatic rings. The zero-order valence-corrected chi connectivity index (χ0v) is 27.5. The Labute approximate surface area is 286 Å². The van der Waals surface area contributed by atoms with Crippen LogP contribution in [0.3, 0.4) is 0 Å². The molecule has 232 valence electrons. The Morgan fingerprint density at radius 3 is 1.71 bits per heavy atom. The fraction of sp³-hybridized carbons (Fsp3) is 0.0889. The standard InChI is InChI=1S/C45H31N3O/c1-27-28(2)47-29(3)48-44(27)34-11-9-10-31(24-34)33-19-23-37-36-22-18-32(30-16-20-35(46-4)21-17-30)25-40(36)45(41(37)26-33)38-12-5-7-14-42(38)49-43-15-8-6-13-39(43)45/h5-26H,1-3H3. The maximum absolute atomic E-state index is 7.43. The average molecular weight is 630 g/mol. The van der Waals surface area contributed by atoms with Gasteiger partial charge in [-0.05, 0) is 101 Å². The van der Waals surface area contributed by atoms with Gasteiger partial charge in [0.15, 0.2) is 5.69 Å². The number of ether oxygens (including phenoxy) is 1. The molecule has 2 aliphatic rings. The summed E-state index contributed by atoms with van der Waals surface area (Å²) in [6.07, 6.45) is 0. The molecule has 1 aromatic heterocycles. The average Bonchev–Trinajstić information content (AvgIpc) is 3.42. The molecule has 49 heavy (non-hydrogen) atoms. The lowest BCUT2D eigenvalue weighted by atomic mass is 9.65. The van der Waals surface area contributed by atoms with Crippen LogP contribution in [0.2, 0.25) is 0 Å².